The normalized spacial score (nSPS) is 20.3. The quantitative estimate of drug-likeness (QED) is 0.677. The molecule has 1 saturated heterocycles. The Kier molecular flexibility index (Phi) is 3.99. The summed E-state index contributed by atoms with van der Waals surface area (Å²) in [6, 6.07) is 15.4. The van der Waals surface area contributed by atoms with E-state index in [2.05, 4.69) is 22.1 Å². The van der Waals surface area contributed by atoms with Gasteiger partial charge in [0.25, 0.3) is 5.91 Å². The molecule has 1 amide bonds. The van der Waals surface area contributed by atoms with Crippen LogP contribution in [-0.4, -0.2) is 45.0 Å². The first-order valence-corrected chi connectivity index (χ1v) is 8.35. The van der Waals surface area contributed by atoms with Crippen LogP contribution >= 0.6 is 0 Å². The van der Waals surface area contributed by atoms with Gasteiger partial charge in [-0.1, -0.05) is 30.3 Å². The summed E-state index contributed by atoms with van der Waals surface area (Å²) in [4.78, 5) is 21.9. The first-order chi connectivity index (χ1) is 12.2. The third-order valence-electron chi connectivity index (χ3n) is 4.81. The number of nitrogens with zero attached hydrogens (tertiary/aromatic N) is 2. The van der Waals surface area contributed by atoms with E-state index in [1.807, 2.05) is 23.1 Å². The standard InChI is InChI=1S/C19H20N4O2/c20-15-10-23(9-14(15)12-4-2-1-3-5-12)19(25)13-6-7-16-17(8-13)22-18(11-24)21-16/h1-8,14-15,24H,9-11,20H2,(H,21,22)/t14-,15+/m0/s1. The lowest BCUT2D eigenvalue weighted by Gasteiger charge is -2.16. The van der Waals surface area contributed by atoms with E-state index in [1.165, 1.54) is 5.56 Å². The molecule has 2 aromatic carbocycles. The first-order valence-electron chi connectivity index (χ1n) is 8.35. The maximum Gasteiger partial charge on any atom is 0.254 e. The summed E-state index contributed by atoms with van der Waals surface area (Å²) < 4.78 is 0. The number of hydrogen-bond donors (Lipinski definition) is 3. The average Bonchev–Trinajstić information content (AvgIpc) is 3.24. The van der Waals surface area contributed by atoms with Crippen LogP contribution in [0.3, 0.4) is 0 Å². The predicted molar refractivity (Wildman–Crippen MR) is 95.1 cm³/mol. The van der Waals surface area contributed by atoms with Crippen LogP contribution in [0.5, 0.6) is 0 Å². The number of aromatic amines is 1. The Balaban J connectivity index is 1.57. The van der Waals surface area contributed by atoms with Gasteiger partial charge in [-0.05, 0) is 23.8 Å². The maximum absolute atomic E-state index is 12.9. The molecule has 0 radical (unpaired) electrons. The molecule has 1 aliphatic rings. The van der Waals surface area contributed by atoms with Crippen molar-refractivity contribution in [3.8, 4) is 0 Å². The highest BCUT2D eigenvalue weighted by Gasteiger charge is 2.34. The number of amides is 1. The van der Waals surface area contributed by atoms with Gasteiger partial charge in [0, 0.05) is 30.6 Å². The fourth-order valence-electron chi connectivity index (χ4n) is 3.50. The van der Waals surface area contributed by atoms with Crippen LogP contribution in [0.25, 0.3) is 11.0 Å². The fourth-order valence-corrected chi connectivity index (χ4v) is 3.50. The molecule has 4 N–H and O–H groups in total. The number of imidazole rings is 1. The zero-order valence-electron chi connectivity index (χ0n) is 13.7. The van der Waals surface area contributed by atoms with Gasteiger partial charge >= 0.3 is 0 Å². The zero-order chi connectivity index (χ0) is 17.4. The lowest BCUT2D eigenvalue weighted by atomic mass is 9.95. The van der Waals surface area contributed by atoms with Gasteiger partial charge in [-0.15, -0.1) is 0 Å². The Bertz CT molecular complexity index is 906. The second-order valence-electron chi connectivity index (χ2n) is 6.46. The molecule has 1 aliphatic heterocycles. The van der Waals surface area contributed by atoms with Crippen molar-refractivity contribution in [1.82, 2.24) is 14.9 Å². The molecule has 6 heteroatoms. The number of nitrogens with two attached hydrogens (primary N) is 1. The van der Waals surface area contributed by atoms with Crippen molar-refractivity contribution in [2.24, 2.45) is 5.73 Å². The third-order valence-corrected chi connectivity index (χ3v) is 4.81. The van der Waals surface area contributed by atoms with Crippen LogP contribution in [0.2, 0.25) is 0 Å². The molecule has 0 spiro atoms. The Morgan fingerprint density at radius 3 is 2.80 bits per heavy atom. The SMILES string of the molecule is N[C@@H]1CN(C(=O)c2ccc3nc(CO)[nH]c3c2)C[C@H]1c1ccccc1. The van der Waals surface area contributed by atoms with E-state index in [0.717, 1.165) is 11.0 Å². The second kappa shape index (κ2) is 6.31. The molecule has 25 heavy (non-hydrogen) atoms. The van der Waals surface area contributed by atoms with Gasteiger partial charge in [0.2, 0.25) is 0 Å². The molecule has 0 saturated carbocycles. The van der Waals surface area contributed by atoms with Crippen molar-refractivity contribution >= 4 is 16.9 Å². The molecule has 4 rings (SSSR count). The molecule has 0 aliphatic carbocycles. The topological polar surface area (TPSA) is 95.2 Å². The lowest BCUT2D eigenvalue weighted by molar-refractivity contribution is 0.0789. The highest BCUT2D eigenvalue weighted by Crippen LogP contribution is 2.27. The first kappa shape index (κ1) is 15.8. The van der Waals surface area contributed by atoms with Gasteiger partial charge in [0.05, 0.1) is 11.0 Å². The molecular weight excluding hydrogens is 316 g/mol. The van der Waals surface area contributed by atoms with Gasteiger partial charge in [-0.3, -0.25) is 4.79 Å². The minimum atomic E-state index is -0.155. The van der Waals surface area contributed by atoms with E-state index >= 15 is 0 Å². The Morgan fingerprint density at radius 2 is 2.04 bits per heavy atom. The summed E-state index contributed by atoms with van der Waals surface area (Å²) in [7, 11) is 0. The van der Waals surface area contributed by atoms with Gasteiger partial charge < -0.3 is 20.7 Å². The van der Waals surface area contributed by atoms with E-state index in [9.17, 15) is 9.90 Å². The van der Waals surface area contributed by atoms with Crippen molar-refractivity contribution < 1.29 is 9.90 Å². The van der Waals surface area contributed by atoms with Gasteiger partial charge in [0.15, 0.2) is 0 Å². The number of carbonyl (C=O) groups excluding carboxylic acids is 1. The van der Waals surface area contributed by atoms with Gasteiger partial charge in [-0.2, -0.15) is 0 Å². The highest BCUT2D eigenvalue weighted by molar-refractivity contribution is 5.97. The van der Waals surface area contributed by atoms with Crippen molar-refractivity contribution in [2.75, 3.05) is 13.1 Å². The number of aromatic nitrogens is 2. The van der Waals surface area contributed by atoms with Crippen LogP contribution in [0, 0.1) is 0 Å². The van der Waals surface area contributed by atoms with Crippen molar-refractivity contribution in [3.63, 3.8) is 0 Å². The summed E-state index contributed by atoms with van der Waals surface area (Å²) in [6.07, 6.45) is 0. The summed E-state index contributed by atoms with van der Waals surface area (Å²) in [5.74, 6) is 0.616. The highest BCUT2D eigenvalue weighted by atomic mass is 16.3. The van der Waals surface area contributed by atoms with E-state index in [4.69, 9.17) is 5.73 Å². The number of aliphatic hydroxyl groups is 1. The molecule has 1 fully saturated rings. The summed E-state index contributed by atoms with van der Waals surface area (Å²) in [5.41, 5.74) is 9.54. The van der Waals surface area contributed by atoms with Crippen molar-refractivity contribution in [3.05, 3.63) is 65.5 Å². The number of rotatable bonds is 3. The summed E-state index contributed by atoms with van der Waals surface area (Å²) >= 11 is 0. The van der Waals surface area contributed by atoms with Crippen LogP contribution in [0.15, 0.2) is 48.5 Å². The molecule has 128 valence electrons. The number of nitrogens with one attached hydrogen (secondary N) is 1. The summed E-state index contributed by atoms with van der Waals surface area (Å²) in [5, 5.41) is 9.17. The lowest BCUT2D eigenvalue weighted by Crippen LogP contribution is -2.32. The molecule has 2 heterocycles. The third kappa shape index (κ3) is 2.90. The molecule has 2 atom stereocenters. The van der Waals surface area contributed by atoms with Crippen molar-refractivity contribution in [2.45, 2.75) is 18.6 Å². The second-order valence-corrected chi connectivity index (χ2v) is 6.46. The van der Waals surface area contributed by atoms with E-state index in [-0.39, 0.29) is 24.5 Å². The molecule has 0 bridgehead atoms. The Hall–Kier alpha value is -2.70. The summed E-state index contributed by atoms with van der Waals surface area (Å²) in [6.45, 7) is 1.01. The monoisotopic (exact) mass is 336 g/mol. The maximum atomic E-state index is 12.9. The molecule has 1 aromatic heterocycles. The molecule has 0 unspecified atom stereocenters. The number of aliphatic hydroxyl groups excluding tert-OH is 1. The minimum absolute atomic E-state index is 0.0315. The van der Waals surface area contributed by atoms with Crippen LogP contribution in [-0.2, 0) is 6.61 Å². The van der Waals surface area contributed by atoms with Crippen LogP contribution in [0.1, 0.15) is 27.7 Å². The zero-order valence-corrected chi connectivity index (χ0v) is 13.7. The Labute approximate surface area is 145 Å². The van der Waals surface area contributed by atoms with Gasteiger partial charge in [0.1, 0.15) is 12.4 Å². The number of hydrogen-bond acceptors (Lipinski definition) is 4. The number of carbonyl (C=O) groups is 1. The van der Waals surface area contributed by atoms with Crippen LogP contribution in [0.4, 0.5) is 0 Å². The van der Waals surface area contributed by atoms with Gasteiger partial charge in [-0.25, -0.2) is 4.98 Å². The number of H-pyrrole nitrogens is 1. The van der Waals surface area contributed by atoms with Crippen LogP contribution < -0.4 is 5.73 Å². The minimum Gasteiger partial charge on any atom is -0.388 e. The smallest absolute Gasteiger partial charge is 0.254 e. The number of likely N-dealkylation sites (tertiary alicyclic amines) is 1. The molecule has 3 aromatic rings. The Morgan fingerprint density at radius 1 is 1.24 bits per heavy atom. The largest absolute Gasteiger partial charge is 0.388 e. The average molecular weight is 336 g/mol. The van der Waals surface area contributed by atoms with E-state index in [1.54, 1.807) is 18.2 Å². The van der Waals surface area contributed by atoms with E-state index < -0.39 is 0 Å². The number of fused-ring (bicyclic) bond motifs is 1. The fraction of sp³-hybridized carbons (Fsp3) is 0.263. The number of benzene rings is 2. The molecule has 6 nitrogen and oxygen atoms in total. The predicted octanol–water partition coefficient (Wildman–Crippen LogP) is 1.62. The van der Waals surface area contributed by atoms with E-state index in [0.29, 0.717) is 24.5 Å². The molecular formula is C19H20N4O2. The van der Waals surface area contributed by atoms with Crippen molar-refractivity contribution in [1.29, 1.82) is 0 Å².